The van der Waals surface area contributed by atoms with Crippen molar-refractivity contribution in [1.82, 2.24) is 0 Å². The van der Waals surface area contributed by atoms with Crippen molar-refractivity contribution in [1.29, 1.82) is 0 Å². The molecule has 2 aromatic carbocycles. The maximum Gasteiger partial charge on any atom is 0.265 e. The summed E-state index contributed by atoms with van der Waals surface area (Å²) < 4.78 is 5.55. The Labute approximate surface area is 144 Å². The van der Waals surface area contributed by atoms with Gasteiger partial charge in [-0.05, 0) is 32.0 Å². The van der Waals surface area contributed by atoms with Gasteiger partial charge in [-0.15, -0.1) is 0 Å². The van der Waals surface area contributed by atoms with Crippen molar-refractivity contribution < 1.29 is 9.53 Å². The largest absolute Gasteiger partial charge is 0.479 e. The summed E-state index contributed by atoms with van der Waals surface area (Å²) in [5, 5.41) is 3.71. The van der Waals surface area contributed by atoms with Crippen LogP contribution in [-0.2, 0) is 4.79 Å². The van der Waals surface area contributed by atoms with Crippen molar-refractivity contribution in [2.24, 2.45) is 0 Å². The van der Waals surface area contributed by atoms with Crippen LogP contribution in [0.15, 0.2) is 36.4 Å². The summed E-state index contributed by atoms with van der Waals surface area (Å²) in [5.41, 5.74) is 1.82. The van der Waals surface area contributed by atoms with Crippen LogP contribution in [0.25, 0.3) is 0 Å². The van der Waals surface area contributed by atoms with Crippen LogP contribution in [0.2, 0.25) is 15.1 Å². The monoisotopic (exact) mass is 357 g/mol. The molecule has 2 aromatic rings. The van der Waals surface area contributed by atoms with Crippen molar-refractivity contribution in [3.05, 3.63) is 57.0 Å². The molecule has 0 fully saturated rings. The van der Waals surface area contributed by atoms with Gasteiger partial charge < -0.3 is 10.1 Å². The summed E-state index contributed by atoms with van der Waals surface area (Å²) in [6.07, 6.45) is -0.740. The van der Waals surface area contributed by atoms with Crippen LogP contribution >= 0.6 is 34.8 Å². The first-order valence-corrected chi connectivity index (χ1v) is 7.69. The second-order valence-corrected chi connectivity index (χ2v) is 6.03. The fraction of sp³-hybridized carbons (Fsp3) is 0.188. The molecule has 0 bridgehead atoms. The maximum absolute atomic E-state index is 12.1. The summed E-state index contributed by atoms with van der Waals surface area (Å²) in [6, 6.07) is 10.4. The molecule has 3 nitrogen and oxygen atoms in total. The summed E-state index contributed by atoms with van der Waals surface area (Å²) in [5.74, 6) is 0.0219. The van der Waals surface area contributed by atoms with E-state index in [1.165, 1.54) is 12.1 Å². The molecule has 0 aliphatic heterocycles. The first-order valence-electron chi connectivity index (χ1n) is 6.55. The highest BCUT2D eigenvalue weighted by Gasteiger charge is 2.17. The first kappa shape index (κ1) is 16.9. The number of benzene rings is 2. The Morgan fingerprint density at radius 3 is 2.27 bits per heavy atom. The van der Waals surface area contributed by atoms with Crippen molar-refractivity contribution >= 4 is 46.4 Å². The second-order valence-electron chi connectivity index (χ2n) is 4.81. The van der Waals surface area contributed by atoms with E-state index in [1.807, 2.05) is 31.2 Å². The van der Waals surface area contributed by atoms with Crippen LogP contribution in [0.1, 0.15) is 12.5 Å². The van der Waals surface area contributed by atoms with E-state index in [0.29, 0.717) is 26.5 Å². The second kappa shape index (κ2) is 7.23. The number of rotatable bonds is 4. The fourth-order valence-corrected chi connectivity index (χ4v) is 2.30. The number of halogens is 3. The van der Waals surface area contributed by atoms with Crippen LogP contribution in [0.3, 0.4) is 0 Å². The molecule has 6 heteroatoms. The maximum atomic E-state index is 12.1. The molecule has 0 heterocycles. The Morgan fingerprint density at radius 2 is 1.64 bits per heavy atom. The minimum atomic E-state index is -0.740. The lowest BCUT2D eigenvalue weighted by atomic mass is 10.2. The van der Waals surface area contributed by atoms with Gasteiger partial charge in [0.25, 0.3) is 5.91 Å². The number of aryl methyl sites for hydroxylation is 1. The van der Waals surface area contributed by atoms with Gasteiger partial charge in [0.15, 0.2) is 6.10 Å². The van der Waals surface area contributed by atoms with E-state index in [1.54, 1.807) is 6.92 Å². The van der Waals surface area contributed by atoms with Gasteiger partial charge in [0.2, 0.25) is 0 Å². The van der Waals surface area contributed by atoms with Gasteiger partial charge >= 0.3 is 0 Å². The Morgan fingerprint density at radius 1 is 1.05 bits per heavy atom. The Kier molecular flexibility index (Phi) is 5.57. The van der Waals surface area contributed by atoms with E-state index in [-0.39, 0.29) is 5.91 Å². The number of hydrogen-bond donors (Lipinski definition) is 1. The quantitative estimate of drug-likeness (QED) is 0.747. The Hall–Kier alpha value is -1.42. The normalized spacial score (nSPS) is 11.9. The Balaban J connectivity index is 2.05. The zero-order valence-corrected chi connectivity index (χ0v) is 14.3. The van der Waals surface area contributed by atoms with E-state index in [0.717, 1.165) is 5.56 Å². The van der Waals surface area contributed by atoms with Gasteiger partial charge in [0, 0.05) is 11.8 Å². The van der Waals surface area contributed by atoms with Crippen LogP contribution < -0.4 is 10.1 Å². The van der Waals surface area contributed by atoms with Crippen LogP contribution in [-0.4, -0.2) is 12.0 Å². The van der Waals surface area contributed by atoms with E-state index < -0.39 is 6.10 Å². The highest BCUT2D eigenvalue weighted by Crippen LogP contribution is 2.34. The van der Waals surface area contributed by atoms with Crippen molar-refractivity contribution in [3.63, 3.8) is 0 Å². The average molecular weight is 359 g/mol. The standard InChI is InChI=1S/C16H14Cl3NO2/c1-9-3-5-11(6-4-9)20-16(21)10(2)22-15-8-13(18)12(17)7-14(15)19/h3-8,10H,1-2H3,(H,20,21). The molecule has 0 aliphatic rings. The summed E-state index contributed by atoms with van der Waals surface area (Å²) >= 11 is 17.8. The van der Waals surface area contributed by atoms with Gasteiger partial charge in [-0.3, -0.25) is 4.79 Å². The van der Waals surface area contributed by atoms with Crippen LogP contribution in [0, 0.1) is 6.92 Å². The third-order valence-electron chi connectivity index (χ3n) is 2.97. The zero-order valence-electron chi connectivity index (χ0n) is 12.0. The summed E-state index contributed by atoms with van der Waals surface area (Å²) in [7, 11) is 0. The molecular weight excluding hydrogens is 345 g/mol. The summed E-state index contributed by atoms with van der Waals surface area (Å²) in [6.45, 7) is 3.60. The van der Waals surface area contributed by atoms with Gasteiger partial charge in [-0.1, -0.05) is 52.5 Å². The van der Waals surface area contributed by atoms with Gasteiger partial charge in [0.05, 0.1) is 15.1 Å². The number of ether oxygens (including phenoxy) is 1. The molecule has 0 aromatic heterocycles. The highest BCUT2D eigenvalue weighted by atomic mass is 35.5. The third kappa shape index (κ3) is 4.29. The van der Waals surface area contributed by atoms with Crippen LogP contribution in [0.4, 0.5) is 5.69 Å². The molecule has 0 radical (unpaired) electrons. The number of carbonyl (C=O) groups excluding carboxylic acids is 1. The lowest BCUT2D eigenvalue weighted by Crippen LogP contribution is -2.30. The molecule has 2 rings (SSSR count). The predicted molar refractivity (Wildman–Crippen MR) is 91.4 cm³/mol. The molecule has 1 atom stereocenters. The summed E-state index contributed by atoms with van der Waals surface area (Å²) in [4.78, 5) is 12.1. The molecule has 1 unspecified atom stereocenters. The van der Waals surface area contributed by atoms with Crippen molar-refractivity contribution in [2.75, 3.05) is 5.32 Å². The minimum absolute atomic E-state index is 0.286. The Bertz CT molecular complexity index is 687. The van der Waals surface area contributed by atoms with Gasteiger partial charge in [-0.25, -0.2) is 0 Å². The average Bonchev–Trinajstić information content (AvgIpc) is 2.47. The molecule has 1 amide bonds. The first-order chi connectivity index (χ1) is 10.4. The van der Waals surface area contributed by atoms with E-state index in [4.69, 9.17) is 39.5 Å². The van der Waals surface area contributed by atoms with Crippen molar-refractivity contribution in [2.45, 2.75) is 20.0 Å². The number of amides is 1. The molecule has 22 heavy (non-hydrogen) atoms. The number of hydrogen-bond acceptors (Lipinski definition) is 2. The topological polar surface area (TPSA) is 38.3 Å². The van der Waals surface area contributed by atoms with Crippen molar-refractivity contribution in [3.8, 4) is 5.75 Å². The molecule has 1 N–H and O–H groups in total. The smallest absolute Gasteiger partial charge is 0.265 e. The highest BCUT2D eigenvalue weighted by molar-refractivity contribution is 6.43. The molecule has 0 spiro atoms. The number of carbonyl (C=O) groups is 1. The zero-order chi connectivity index (χ0) is 16.3. The van der Waals surface area contributed by atoms with E-state index in [2.05, 4.69) is 5.32 Å². The molecule has 0 saturated carbocycles. The lowest BCUT2D eigenvalue weighted by molar-refractivity contribution is -0.122. The SMILES string of the molecule is Cc1ccc(NC(=O)C(C)Oc2cc(Cl)c(Cl)cc2Cl)cc1. The predicted octanol–water partition coefficient (Wildman–Crippen LogP) is 5.36. The molecule has 116 valence electrons. The van der Waals surface area contributed by atoms with E-state index in [9.17, 15) is 4.79 Å². The minimum Gasteiger partial charge on any atom is -0.479 e. The number of anilines is 1. The van der Waals surface area contributed by atoms with Gasteiger partial charge in [0.1, 0.15) is 5.75 Å². The molecular formula is C16H14Cl3NO2. The van der Waals surface area contributed by atoms with E-state index >= 15 is 0 Å². The molecule has 0 saturated heterocycles. The molecule has 0 aliphatic carbocycles. The fourth-order valence-electron chi connectivity index (χ4n) is 1.72. The van der Waals surface area contributed by atoms with Crippen LogP contribution in [0.5, 0.6) is 5.75 Å². The lowest BCUT2D eigenvalue weighted by Gasteiger charge is -2.16. The third-order valence-corrected chi connectivity index (χ3v) is 3.98. The number of nitrogens with one attached hydrogen (secondary N) is 1. The van der Waals surface area contributed by atoms with Gasteiger partial charge in [-0.2, -0.15) is 0 Å².